The molecule has 11 nitrogen and oxygen atoms in total. The van der Waals surface area contributed by atoms with Crippen LogP contribution < -0.4 is 20.3 Å². The first-order chi connectivity index (χ1) is 33.3. The molecule has 69 heavy (non-hydrogen) atoms. The second-order valence-corrected chi connectivity index (χ2v) is 20.5. The van der Waals surface area contributed by atoms with Gasteiger partial charge in [0.05, 0.1) is 22.6 Å². The fraction of sp³-hybridized carbons (Fsp3) is 0.278. The molecule has 0 atom stereocenters. The molecule has 3 aliphatic rings. The third-order valence-corrected chi connectivity index (χ3v) is 16.2. The number of halogens is 3. The number of nitrogen functional groups attached to an aromatic ring is 1. The van der Waals surface area contributed by atoms with Crippen LogP contribution in [-0.4, -0.2) is 72.8 Å². The van der Waals surface area contributed by atoms with Gasteiger partial charge in [-0.15, -0.1) is 0 Å². The molecule has 7 aromatic rings. The lowest BCUT2D eigenvalue weighted by atomic mass is 9.53. The Hall–Kier alpha value is -6.97. The Morgan fingerprint density at radius 3 is 1.91 bits per heavy atom. The second kappa shape index (κ2) is 18.2. The van der Waals surface area contributed by atoms with E-state index in [2.05, 4.69) is 14.5 Å². The molecule has 3 fully saturated rings. The number of ketones is 1. The highest BCUT2D eigenvalue weighted by Gasteiger charge is 2.54. The average Bonchev–Trinajstić information content (AvgIpc) is 3.79. The molecule has 0 radical (unpaired) electrons. The highest BCUT2D eigenvalue weighted by Crippen LogP contribution is 2.56. The van der Waals surface area contributed by atoms with Gasteiger partial charge in [0, 0.05) is 80.6 Å². The Balaban J connectivity index is 0.973. The van der Waals surface area contributed by atoms with E-state index in [-0.39, 0.29) is 23.3 Å². The van der Waals surface area contributed by atoms with Crippen molar-refractivity contribution in [3.63, 3.8) is 0 Å². The van der Waals surface area contributed by atoms with Gasteiger partial charge in [0.25, 0.3) is 0 Å². The zero-order valence-corrected chi connectivity index (χ0v) is 39.2. The van der Waals surface area contributed by atoms with Crippen molar-refractivity contribution in [3.8, 4) is 11.3 Å². The van der Waals surface area contributed by atoms with Gasteiger partial charge in [-0.05, 0) is 90.6 Å². The minimum atomic E-state index is -4.21. The summed E-state index contributed by atoms with van der Waals surface area (Å²) in [7, 11) is -2.89. The molecule has 5 aromatic carbocycles. The lowest BCUT2D eigenvalue weighted by Crippen LogP contribution is -2.64. The molecule has 1 spiro atoms. The molecule has 10 rings (SSSR count). The SMILES string of the molecule is CCN(C)S(=O)(=O)Nc1ccc(F)c(C(=O)c2cc(-c3cnc(N4CC5(CC(C6CCN(c7ccc(N)cc7F)CC6)C5)C4)nc3)n(C(c3ccccc3)(c3ccccc3)c3ccccc3)c2)c1F. The van der Waals surface area contributed by atoms with E-state index in [0.717, 1.165) is 85.0 Å². The number of rotatable bonds is 14. The molecule has 2 saturated heterocycles. The Bertz CT molecular complexity index is 3000. The van der Waals surface area contributed by atoms with Gasteiger partial charge in [-0.1, -0.05) is 97.9 Å². The van der Waals surface area contributed by atoms with Crippen molar-refractivity contribution in [1.82, 2.24) is 18.8 Å². The predicted octanol–water partition coefficient (Wildman–Crippen LogP) is 9.76. The lowest BCUT2D eigenvalue weighted by molar-refractivity contribution is -0.0156. The molecule has 15 heteroatoms. The van der Waals surface area contributed by atoms with Gasteiger partial charge < -0.3 is 20.1 Å². The van der Waals surface area contributed by atoms with Crippen molar-refractivity contribution >= 4 is 39.0 Å². The number of nitrogens with two attached hydrogens (primary N) is 1. The minimum Gasteiger partial charge on any atom is -0.399 e. The average molecular weight is 951 g/mol. The third-order valence-electron chi connectivity index (χ3n) is 14.6. The Labute approximate surface area is 400 Å². The molecule has 1 saturated carbocycles. The molecule has 0 amide bonds. The topological polar surface area (TPSA) is 130 Å². The quantitative estimate of drug-likeness (QED) is 0.0627. The first-order valence-electron chi connectivity index (χ1n) is 23.3. The molecule has 1 aliphatic carbocycles. The number of carbonyl (C=O) groups is 1. The molecule has 0 bridgehead atoms. The van der Waals surface area contributed by atoms with Crippen LogP contribution in [0.4, 0.5) is 36.2 Å². The number of anilines is 4. The first kappa shape index (κ1) is 45.8. The highest BCUT2D eigenvalue weighted by atomic mass is 32.2. The second-order valence-electron chi connectivity index (χ2n) is 18.8. The Morgan fingerprint density at radius 2 is 1.36 bits per heavy atom. The number of piperidine rings is 1. The first-order valence-corrected chi connectivity index (χ1v) is 24.8. The molecular weight excluding hydrogens is 898 g/mol. The molecule has 354 valence electrons. The monoisotopic (exact) mass is 950 g/mol. The van der Waals surface area contributed by atoms with E-state index in [1.165, 1.54) is 13.1 Å². The normalized spacial score (nSPS) is 16.4. The van der Waals surface area contributed by atoms with Crippen LogP contribution in [0.25, 0.3) is 11.3 Å². The third kappa shape index (κ3) is 8.30. The van der Waals surface area contributed by atoms with Crippen LogP contribution in [0.3, 0.4) is 0 Å². The zero-order chi connectivity index (χ0) is 48.1. The van der Waals surface area contributed by atoms with Gasteiger partial charge >= 0.3 is 10.2 Å². The summed E-state index contributed by atoms with van der Waals surface area (Å²) in [6.45, 7) is 5.04. The van der Waals surface area contributed by atoms with E-state index in [4.69, 9.17) is 15.7 Å². The number of benzene rings is 5. The maximum absolute atomic E-state index is 16.4. The number of nitrogens with zero attached hydrogens (tertiary/aromatic N) is 6. The van der Waals surface area contributed by atoms with Gasteiger partial charge in [-0.2, -0.15) is 12.7 Å². The van der Waals surface area contributed by atoms with Crippen LogP contribution in [0.15, 0.2) is 146 Å². The molecule has 2 aromatic heterocycles. The van der Waals surface area contributed by atoms with Crippen LogP contribution in [-0.2, 0) is 15.7 Å². The van der Waals surface area contributed by atoms with E-state index in [1.54, 1.807) is 43.7 Å². The fourth-order valence-electron chi connectivity index (χ4n) is 11.0. The molecule has 4 heterocycles. The van der Waals surface area contributed by atoms with Crippen molar-refractivity contribution in [1.29, 1.82) is 0 Å². The smallest absolute Gasteiger partial charge is 0.301 e. The van der Waals surface area contributed by atoms with Gasteiger partial charge in [-0.3, -0.25) is 9.52 Å². The standard InChI is InChI=1S/C54H53F3N8O3S/c1-3-62(2)69(67,68)61-46-21-20-44(55)49(50(46)57)51(66)37-27-48(65(33-37)54(40-13-7-4-8-14-40,41-15-9-5-10-16-41)42-17-11-6-12-18-42)39-31-59-52(60-32-39)64-34-53(35-64)29-38(30-53)36-23-25-63(26-24-36)47-22-19-43(58)28-45(47)56/h4-22,27-28,31-33,36,38,61H,3,23-26,29-30,34-35,58H2,1-2H3. The molecule has 2 aliphatic heterocycles. The van der Waals surface area contributed by atoms with Crippen LogP contribution in [0.1, 0.15) is 65.2 Å². The summed E-state index contributed by atoms with van der Waals surface area (Å²) in [5.74, 6) is -1.92. The molecule has 0 unspecified atom stereocenters. The van der Waals surface area contributed by atoms with Crippen LogP contribution in [0, 0.1) is 34.7 Å². The van der Waals surface area contributed by atoms with Gasteiger partial charge in [0.15, 0.2) is 5.82 Å². The van der Waals surface area contributed by atoms with Crippen LogP contribution >= 0.6 is 0 Å². The summed E-state index contributed by atoms with van der Waals surface area (Å²) in [5.41, 5.74) is 7.97. The van der Waals surface area contributed by atoms with Crippen LogP contribution in [0.5, 0.6) is 0 Å². The highest BCUT2D eigenvalue weighted by molar-refractivity contribution is 7.90. The lowest BCUT2D eigenvalue weighted by Gasteiger charge is -2.61. The summed E-state index contributed by atoms with van der Waals surface area (Å²) >= 11 is 0. The van der Waals surface area contributed by atoms with Gasteiger partial charge in [0.2, 0.25) is 11.7 Å². The fourth-order valence-corrected chi connectivity index (χ4v) is 11.9. The largest absolute Gasteiger partial charge is 0.399 e. The summed E-state index contributed by atoms with van der Waals surface area (Å²) in [4.78, 5) is 28.8. The van der Waals surface area contributed by atoms with E-state index in [0.29, 0.717) is 40.4 Å². The number of hydrogen-bond acceptors (Lipinski definition) is 8. The van der Waals surface area contributed by atoms with Crippen molar-refractivity contribution in [3.05, 3.63) is 191 Å². The maximum atomic E-state index is 16.4. The van der Waals surface area contributed by atoms with Crippen molar-refractivity contribution in [2.75, 3.05) is 60.0 Å². The Morgan fingerprint density at radius 1 is 0.783 bits per heavy atom. The minimum absolute atomic E-state index is 0.0444. The summed E-state index contributed by atoms with van der Waals surface area (Å²) in [6.07, 6.45) is 9.39. The van der Waals surface area contributed by atoms with E-state index >= 15 is 8.78 Å². The number of aromatic nitrogens is 3. The molecular formula is C54H53F3N8O3S. The Kier molecular flexibility index (Phi) is 12.1. The maximum Gasteiger partial charge on any atom is 0.301 e. The number of carbonyl (C=O) groups excluding carboxylic acids is 1. The van der Waals surface area contributed by atoms with Crippen molar-refractivity contribution < 1.29 is 26.4 Å². The van der Waals surface area contributed by atoms with Gasteiger partial charge in [0.1, 0.15) is 17.2 Å². The molecule has 3 N–H and O–H groups in total. The van der Waals surface area contributed by atoms with E-state index in [1.807, 2.05) is 95.6 Å². The van der Waals surface area contributed by atoms with E-state index < -0.39 is 44.4 Å². The summed E-state index contributed by atoms with van der Waals surface area (Å²) < 4.78 is 77.9. The zero-order valence-electron chi connectivity index (χ0n) is 38.4. The van der Waals surface area contributed by atoms with Crippen LogP contribution in [0.2, 0.25) is 0 Å². The summed E-state index contributed by atoms with van der Waals surface area (Å²) in [5, 5.41) is 0. The number of nitrogens with one attached hydrogen (secondary N) is 1. The number of hydrogen-bond donors (Lipinski definition) is 2. The van der Waals surface area contributed by atoms with Gasteiger partial charge in [-0.25, -0.2) is 23.1 Å². The van der Waals surface area contributed by atoms with Crippen molar-refractivity contribution in [2.24, 2.45) is 17.3 Å². The van der Waals surface area contributed by atoms with Crippen molar-refractivity contribution in [2.45, 2.75) is 38.1 Å². The predicted molar refractivity (Wildman–Crippen MR) is 264 cm³/mol. The van der Waals surface area contributed by atoms with E-state index in [9.17, 15) is 17.6 Å². The summed E-state index contributed by atoms with van der Waals surface area (Å²) in [6, 6.07) is 37.8.